The first-order chi connectivity index (χ1) is 18.8. The number of aromatic amines is 1. The third-order valence-electron chi connectivity index (χ3n) is 7.27. The molecule has 3 unspecified atom stereocenters. The lowest BCUT2D eigenvalue weighted by Gasteiger charge is -2.45. The van der Waals surface area contributed by atoms with Crippen LogP contribution < -0.4 is 20.5 Å². The quantitative estimate of drug-likeness (QED) is 0.505. The van der Waals surface area contributed by atoms with Crippen molar-refractivity contribution in [2.45, 2.75) is 62.8 Å². The van der Waals surface area contributed by atoms with E-state index >= 15 is 0 Å². The van der Waals surface area contributed by atoms with Gasteiger partial charge in [0, 0.05) is 37.8 Å². The third kappa shape index (κ3) is 5.53. The monoisotopic (exact) mass is 576 g/mol. The Morgan fingerprint density at radius 1 is 1.10 bits per heavy atom. The summed E-state index contributed by atoms with van der Waals surface area (Å²) in [5.74, 6) is 0.197. The number of likely N-dealkylation sites (tertiary alicyclic amines) is 1. The van der Waals surface area contributed by atoms with Crippen LogP contribution in [0.1, 0.15) is 37.3 Å². The van der Waals surface area contributed by atoms with Gasteiger partial charge in [0.15, 0.2) is 11.6 Å². The molecule has 4 atom stereocenters. The van der Waals surface area contributed by atoms with E-state index in [1.807, 2.05) is 4.90 Å². The molecule has 2 N–H and O–H groups in total. The van der Waals surface area contributed by atoms with Gasteiger partial charge in [-0.2, -0.15) is 31.4 Å². The number of rotatable bonds is 6. The molecule has 0 aromatic carbocycles. The van der Waals surface area contributed by atoms with Crippen molar-refractivity contribution in [1.29, 1.82) is 0 Å². The highest BCUT2D eigenvalue weighted by Gasteiger charge is 2.43. The number of piperidine rings is 1. The highest BCUT2D eigenvalue weighted by atomic mass is 19.4. The summed E-state index contributed by atoms with van der Waals surface area (Å²) in [6.07, 6.45) is -7.02. The van der Waals surface area contributed by atoms with E-state index in [1.165, 1.54) is 0 Å². The van der Waals surface area contributed by atoms with Crippen molar-refractivity contribution in [3.63, 3.8) is 0 Å². The number of carbonyl (C=O) groups is 1. The fourth-order valence-corrected chi connectivity index (χ4v) is 5.40. The Kier molecular flexibility index (Phi) is 7.31. The van der Waals surface area contributed by atoms with E-state index in [0.717, 1.165) is 18.5 Å². The molecule has 218 valence electrons. The number of fused-ring (bicyclic) bond motifs is 3. The Labute approximate surface area is 223 Å². The van der Waals surface area contributed by atoms with Crippen molar-refractivity contribution in [2.75, 3.05) is 36.5 Å². The number of carbonyl (C=O) groups excluding carboxylic acids is 1. The molecular weight excluding hydrogens is 550 g/mol. The number of anilines is 2. The molecule has 1 amide bonds. The number of halogens is 6. The molecule has 2 aromatic rings. The van der Waals surface area contributed by atoms with Crippen molar-refractivity contribution in [3.8, 4) is 5.75 Å². The van der Waals surface area contributed by atoms with Gasteiger partial charge in [-0.25, -0.2) is 10.1 Å². The van der Waals surface area contributed by atoms with Gasteiger partial charge in [0.25, 0.3) is 11.5 Å². The van der Waals surface area contributed by atoms with Crippen LogP contribution >= 0.6 is 0 Å². The predicted octanol–water partition coefficient (Wildman–Crippen LogP) is 3.05. The molecule has 2 fully saturated rings. The topological polar surface area (TPSA) is 113 Å². The van der Waals surface area contributed by atoms with E-state index in [-0.39, 0.29) is 37.0 Å². The van der Waals surface area contributed by atoms with Crippen molar-refractivity contribution >= 4 is 17.4 Å². The van der Waals surface area contributed by atoms with Crippen molar-refractivity contribution in [3.05, 3.63) is 39.9 Å². The minimum Gasteiger partial charge on any atom is -0.488 e. The first-order valence-electron chi connectivity index (χ1n) is 12.6. The second-order valence-electron chi connectivity index (χ2n) is 10.1. The van der Waals surface area contributed by atoms with Crippen LogP contribution in [0.4, 0.5) is 37.8 Å². The summed E-state index contributed by atoms with van der Waals surface area (Å²) in [5, 5.41) is 7.76. The zero-order valence-corrected chi connectivity index (χ0v) is 21.2. The summed E-state index contributed by atoms with van der Waals surface area (Å²) in [6, 6.07) is -0.0191. The van der Waals surface area contributed by atoms with Gasteiger partial charge in [-0.05, 0) is 25.8 Å². The molecule has 2 saturated heterocycles. The van der Waals surface area contributed by atoms with Gasteiger partial charge in [0.05, 0.1) is 30.1 Å². The minimum absolute atomic E-state index is 0.0798. The number of pyridine rings is 1. The average molecular weight is 576 g/mol. The summed E-state index contributed by atoms with van der Waals surface area (Å²) in [5.41, 5.74) is -4.13. The van der Waals surface area contributed by atoms with Crippen LogP contribution in [0.5, 0.6) is 5.75 Å². The van der Waals surface area contributed by atoms with E-state index < -0.39 is 46.9 Å². The van der Waals surface area contributed by atoms with Gasteiger partial charge in [-0.1, -0.05) is 0 Å². The van der Waals surface area contributed by atoms with E-state index in [2.05, 4.69) is 15.4 Å². The van der Waals surface area contributed by atoms with Crippen LogP contribution in [-0.4, -0.2) is 76.5 Å². The lowest BCUT2D eigenvalue weighted by atomic mass is 9.95. The number of hydrogen-bond donors (Lipinski definition) is 2. The van der Waals surface area contributed by atoms with Crippen LogP contribution in [-0.2, 0) is 21.9 Å². The number of ether oxygens (including phenoxy) is 2. The zero-order chi connectivity index (χ0) is 28.8. The molecular formula is C24H26F6N6O4. The SMILES string of the molecule is C[C@@H](COC1CCN(C2CCN3c4ncc(C(F)(F)F)cc4OCC3C2)C1=O)Nc1cn[nH]c(=O)c1C(F)(F)F. The molecule has 10 nitrogen and oxygen atoms in total. The molecule has 40 heavy (non-hydrogen) atoms. The molecule has 0 saturated carbocycles. The Morgan fingerprint density at radius 2 is 1.85 bits per heavy atom. The Bertz CT molecular complexity index is 1320. The second-order valence-corrected chi connectivity index (χ2v) is 10.1. The molecule has 0 bridgehead atoms. The Morgan fingerprint density at radius 3 is 2.58 bits per heavy atom. The summed E-state index contributed by atoms with van der Waals surface area (Å²) in [6.45, 7) is 2.54. The number of H-pyrrole nitrogens is 1. The van der Waals surface area contributed by atoms with E-state index in [1.54, 1.807) is 16.9 Å². The average Bonchev–Trinajstić information content (AvgIpc) is 3.25. The molecule has 16 heteroatoms. The molecule has 0 spiro atoms. The van der Waals surface area contributed by atoms with Crippen molar-refractivity contribution in [1.82, 2.24) is 20.1 Å². The van der Waals surface area contributed by atoms with Crippen molar-refractivity contribution in [2.24, 2.45) is 0 Å². The Hall–Kier alpha value is -3.56. The number of amides is 1. The maximum Gasteiger partial charge on any atom is 0.423 e. The smallest absolute Gasteiger partial charge is 0.423 e. The van der Waals surface area contributed by atoms with Gasteiger partial charge in [0.1, 0.15) is 18.3 Å². The van der Waals surface area contributed by atoms with Crippen LogP contribution in [0.15, 0.2) is 23.3 Å². The summed E-state index contributed by atoms with van der Waals surface area (Å²) >= 11 is 0. The van der Waals surface area contributed by atoms with E-state index in [4.69, 9.17) is 9.47 Å². The molecule has 5 rings (SSSR count). The molecule has 2 aromatic heterocycles. The molecule has 3 aliphatic rings. The second kappa shape index (κ2) is 10.4. The number of nitrogens with one attached hydrogen (secondary N) is 2. The van der Waals surface area contributed by atoms with Gasteiger partial charge in [-0.15, -0.1) is 0 Å². The van der Waals surface area contributed by atoms with Crippen LogP contribution in [0, 0.1) is 0 Å². The first-order valence-corrected chi connectivity index (χ1v) is 12.6. The summed E-state index contributed by atoms with van der Waals surface area (Å²) in [4.78, 5) is 32.4. The van der Waals surface area contributed by atoms with E-state index in [0.29, 0.717) is 38.2 Å². The number of hydrogen-bond acceptors (Lipinski definition) is 8. The number of aromatic nitrogens is 3. The van der Waals surface area contributed by atoms with Gasteiger partial charge >= 0.3 is 12.4 Å². The van der Waals surface area contributed by atoms with Gasteiger partial charge < -0.3 is 24.6 Å². The van der Waals surface area contributed by atoms with Gasteiger partial charge in [0.2, 0.25) is 0 Å². The first kappa shape index (κ1) is 28.0. The zero-order valence-electron chi connectivity index (χ0n) is 21.2. The van der Waals surface area contributed by atoms with Crippen LogP contribution in [0.25, 0.3) is 0 Å². The van der Waals surface area contributed by atoms with Crippen LogP contribution in [0.2, 0.25) is 0 Å². The molecule has 5 heterocycles. The fourth-order valence-electron chi connectivity index (χ4n) is 5.40. The number of alkyl halides is 6. The lowest BCUT2D eigenvalue weighted by molar-refractivity contribution is -0.140. The van der Waals surface area contributed by atoms with Crippen LogP contribution in [0.3, 0.4) is 0 Å². The normalized spacial score (nSPS) is 23.9. The minimum atomic E-state index is -4.88. The summed E-state index contributed by atoms with van der Waals surface area (Å²) in [7, 11) is 0. The molecule has 0 radical (unpaired) electrons. The number of nitrogens with zero attached hydrogens (tertiary/aromatic N) is 4. The maximum atomic E-state index is 13.3. The molecule has 0 aliphatic carbocycles. The maximum absolute atomic E-state index is 13.3. The third-order valence-corrected chi connectivity index (χ3v) is 7.27. The highest BCUT2D eigenvalue weighted by Crippen LogP contribution is 2.40. The van der Waals surface area contributed by atoms with E-state index in [9.17, 15) is 35.9 Å². The van der Waals surface area contributed by atoms with Gasteiger partial charge in [-0.3, -0.25) is 9.59 Å². The molecule has 3 aliphatic heterocycles. The predicted molar refractivity (Wildman–Crippen MR) is 128 cm³/mol. The Balaban J connectivity index is 1.16. The largest absolute Gasteiger partial charge is 0.488 e. The fraction of sp³-hybridized carbons (Fsp3) is 0.583. The van der Waals surface area contributed by atoms with Crippen molar-refractivity contribution < 1.29 is 40.6 Å². The highest BCUT2D eigenvalue weighted by molar-refractivity contribution is 5.83. The standard InChI is InChI=1S/C24H26F6N6O4/c1-12(33-16-9-32-34-21(37)19(16)24(28,29)30)10-39-17-3-5-36(22(17)38)14-2-4-35-15(7-14)11-40-18-6-13(23(25,26)27)8-31-20(18)35/h6,8-9,12,14-15,17H,2-5,7,10-11H2,1H3,(H2,33,34,37)/t12-,14?,15?,17?/m0/s1. The lowest BCUT2D eigenvalue weighted by Crippen LogP contribution is -2.54. The summed E-state index contributed by atoms with van der Waals surface area (Å²) < 4.78 is 90.3.